The van der Waals surface area contributed by atoms with E-state index < -0.39 is 0 Å². The molecule has 0 radical (unpaired) electrons. The van der Waals surface area contributed by atoms with Gasteiger partial charge in [-0.05, 0) is 42.9 Å². The van der Waals surface area contributed by atoms with E-state index >= 15 is 0 Å². The van der Waals surface area contributed by atoms with Crippen molar-refractivity contribution in [2.75, 3.05) is 0 Å². The van der Waals surface area contributed by atoms with Crippen LogP contribution in [0.4, 0.5) is 0 Å². The Labute approximate surface area is 78.4 Å². The molecule has 0 saturated heterocycles. The number of phenolic OH excluding ortho intramolecular Hbond substituents is 1. The minimum absolute atomic E-state index is 0.166. The van der Waals surface area contributed by atoms with E-state index in [0.29, 0.717) is 11.7 Å². The molecule has 1 aromatic carbocycles. The molecule has 1 fully saturated rings. The molecule has 2 nitrogen and oxygen atoms in total. The van der Waals surface area contributed by atoms with Crippen LogP contribution in [0.25, 0.3) is 0 Å². The van der Waals surface area contributed by atoms with E-state index in [1.807, 2.05) is 19.1 Å². The molecule has 1 aromatic rings. The van der Waals surface area contributed by atoms with Gasteiger partial charge in [0, 0.05) is 6.04 Å². The largest absolute Gasteiger partial charge is 0.508 e. The number of hydrogen-bond donors (Lipinski definition) is 2. The van der Waals surface area contributed by atoms with Crippen LogP contribution < -0.4 is 5.73 Å². The average molecular weight is 177 g/mol. The van der Waals surface area contributed by atoms with Crippen molar-refractivity contribution in [1.82, 2.24) is 0 Å². The molecule has 0 aromatic heterocycles. The summed E-state index contributed by atoms with van der Waals surface area (Å²) in [5.74, 6) is 1.02. The Balaban J connectivity index is 2.24. The SMILES string of the molecule is Cc1cc(C(N)C2CC2)ccc1O. The van der Waals surface area contributed by atoms with E-state index in [9.17, 15) is 5.11 Å². The van der Waals surface area contributed by atoms with Crippen molar-refractivity contribution in [2.45, 2.75) is 25.8 Å². The molecule has 1 atom stereocenters. The topological polar surface area (TPSA) is 46.2 Å². The normalized spacial score (nSPS) is 18.6. The molecule has 0 spiro atoms. The number of benzene rings is 1. The van der Waals surface area contributed by atoms with Gasteiger partial charge in [0.05, 0.1) is 0 Å². The maximum atomic E-state index is 9.34. The summed E-state index contributed by atoms with van der Waals surface area (Å²) in [4.78, 5) is 0. The highest BCUT2D eigenvalue weighted by atomic mass is 16.3. The first-order valence-electron chi connectivity index (χ1n) is 4.73. The Hall–Kier alpha value is -1.02. The van der Waals surface area contributed by atoms with Crippen molar-refractivity contribution in [1.29, 1.82) is 0 Å². The molecule has 0 bridgehead atoms. The van der Waals surface area contributed by atoms with Crippen LogP contribution in [0.5, 0.6) is 5.75 Å². The van der Waals surface area contributed by atoms with Crippen molar-refractivity contribution >= 4 is 0 Å². The third-order valence-electron chi connectivity index (χ3n) is 2.74. The van der Waals surface area contributed by atoms with Crippen molar-refractivity contribution in [2.24, 2.45) is 11.7 Å². The molecule has 1 saturated carbocycles. The molecule has 0 heterocycles. The lowest BCUT2D eigenvalue weighted by molar-refractivity contribution is 0.470. The van der Waals surface area contributed by atoms with E-state index in [-0.39, 0.29) is 6.04 Å². The summed E-state index contributed by atoms with van der Waals surface area (Å²) in [5.41, 5.74) is 8.10. The second kappa shape index (κ2) is 3.04. The highest BCUT2D eigenvalue weighted by Crippen LogP contribution is 2.39. The van der Waals surface area contributed by atoms with Crippen LogP contribution in [-0.4, -0.2) is 5.11 Å². The van der Waals surface area contributed by atoms with Gasteiger partial charge in [0.2, 0.25) is 0 Å². The van der Waals surface area contributed by atoms with Gasteiger partial charge in [-0.2, -0.15) is 0 Å². The summed E-state index contributed by atoms with van der Waals surface area (Å²) >= 11 is 0. The molecule has 70 valence electrons. The second-order valence-corrected chi connectivity index (χ2v) is 3.91. The zero-order valence-corrected chi connectivity index (χ0v) is 7.83. The average Bonchev–Trinajstić information content (AvgIpc) is 2.91. The van der Waals surface area contributed by atoms with Gasteiger partial charge >= 0.3 is 0 Å². The molecule has 3 N–H and O–H groups in total. The summed E-state index contributed by atoms with van der Waals surface area (Å²) in [6.07, 6.45) is 2.50. The third kappa shape index (κ3) is 1.68. The highest BCUT2D eigenvalue weighted by Gasteiger charge is 2.29. The summed E-state index contributed by atoms with van der Waals surface area (Å²) in [5, 5.41) is 9.34. The van der Waals surface area contributed by atoms with Gasteiger partial charge in [-0.15, -0.1) is 0 Å². The van der Waals surface area contributed by atoms with E-state index in [1.165, 1.54) is 12.8 Å². The van der Waals surface area contributed by atoms with Gasteiger partial charge in [0.15, 0.2) is 0 Å². The first-order valence-corrected chi connectivity index (χ1v) is 4.73. The molecule has 1 aliphatic rings. The van der Waals surface area contributed by atoms with E-state index in [0.717, 1.165) is 11.1 Å². The van der Waals surface area contributed by atoms with Gasteiger partial charge in [-0.3, -0.25) is 0 Å². The van der Waals surface area contributed by atoms with Gasteiger partial charge in [-0.1, -0.05) is 12.1 Å². The van der Waals surface area contributed by atoms with Crippen molar-refractivity contribution in [3.8, 4) is 5.75 Å². The lowest BCUT2D eigenvalue weighted by atomic mass is 10.0. The molecule has 0 aliphatic heterocycles. The number of phenols is 1. The minimum Gasteiger partial charge on any atom is -0.508 e. The number of aryl methyl sites for hydroxylation is 1. The second-order valence-electron chi connectivity index (χ2n) is 3.91. The smallest absolute Gasteiger partial charge is 0.118 e. The van der Waals surface area contributed by atoms with Crippen molar-refractivity contribution in [3.63, 3.8) is 0 Å². The first kappa shape index (κ1) is 8.57. The maximum Gasteiger partial charge on any atom is 0.118 e. The first-order chi connectivity index (χ1) is 6.18. The zero-order valence-electron chi connectivity index (χ0n) is 7.83. The summed E-state index contributed by atoms with van der Waals surface area (Å²) in [6, 6.07) is 5.80. The van der Waals surface area contributed by atoms with Gasteiger partial charge < -0.3 is 10.8 Å². The van der Waals surface area contributed by atoms with Crippen LogP contribution >= 0.6 is 0 Å². The summed E-state index contributed by atoms with van der Waals surface area (Å²) in [6.45, 7) is 1.90. The molecule has 0 amide bonds. The van der Waals surface area contributed by atoms with Crippen molar-refractivity contribution in [3.05, 3.63) is 29.3 Å². The van der Waals surface area contributed by atoms with Crippen LogP contribution in [0.1, 0.15) is 30.0 Å². The highest BCUT2D eigenvalue weighted by molar-refractivity contribution is 5.36. The molecule has 1 aliphatic carbocycles. The number of aromatic hydroxyl groups is 1. The minimum atomic E-state index is 0.166. The van der Waals surface area contributed by atoms with Gasteiger partial charge in [0.1, 0.15) is 5.75 Å². The predicted octanol–water partition coefficient (Wildman–Crippen LogP) is 2.11. The van der Waals surface area contributed by atoms with Crippen LogP contribution in [0.2, 0.25) is 0 Å². The summed E-state index contributed by atoms with van der Waals surface area (Å²) < 4.78 is 0. The number of nitrogens with two attached hydrogens (primary N) is 1. The Morgan fingerprint density at radius 1 is 1.46 bits per heavy atom. The fourth-order valence-electron chi connectivity index (χ4n) is 1.61. The Kier molecular flexibility index (Phi) is 2.00. The maximum absolute atomic E-state index is 9.34. The van der Waals surface area contributed by atoms with E-state index in [2.05, 4.69) is 0 Å². The monoisotopic (exact) mass is 177 g/mol. The number of hydrogen-bond acceptors (Lipinski definition) is 2. The standard InChI is InChI=1S/C11H15NO/c1-7-6-9(4-5-10(7)13)11(12)8-2-3-8/h4-6,8,11,13H,2-3,12H2,1H3. The third-order valence-corrected chi connectivity index (χ3v) is 2.74. The van der Waals surface area contributed by atoms with Crippen molar-refractivity contribution < 1.29 is 5.11 Å². The van der Waals surface area contributed by atoms with Crippen LogP contribution in [0.3, 0.4) is 0 Å². The summed E-state index contributed by atoms with van der Waals surface area (Å²) in [7, 11) is 0. The fourth-order valence-corrected chi connectivity index (χ4v) is 1.61. The zero-order chi connectivity index (χ0) is 9.42. The van der Waals surface area contributed by atoms with Gasteiger partial charge in [0.25, 0.3) is 0 Å². The lowest BCUT2D eigenvalue weighted by Gasteiger charge is -2.11. The van der Waals surface area contributed by atoms with Gasteiger partial charge in [-0.25, -0.2) is 0 Å². The fraction of sp³-hybridized carbons (Fsp3) is 0.455. The Morgan fingerprint density at radius 2 is 2.15 bits per heavy atom. The van der Waals surface area contributed by atoms with E-state index in [1.54, 1.807) is 6.07 Å². The molecular formula is C11H15NO. The van der Waals surface area contributed by atoms with E-state index in [4.69, 9.17) is 5.73 Å². The van der Waals surface area contributed by atoms with Crippen LogP contribution in [0.15, 0.2) is 18.2 Å². The molecule has 2 rings (SSSR count). The molecule has 13 heavy (non-hydrogen) atoms. The number of rotatable bonds is 2. The predicted molar refractivity (Wildman–Crippen MR) is 52.5 cm³/mol. The quantitative estimate of drug-likeness (QED) is 0.726. The lowest BCUT2D eigenvalue weighted by Crippen LogP contribution is -2.12. The molecular weight excluding hydrogens is 162 g/mol. The Bertz CT molecular complexity index is 318. The van der Waals surface area contributed by atoms with Crippen LogP contribution in [-0.2, 0) is 0 Å². The molecule has 1 unspecified atom stereocenters. The van der Waals surface area contributed by atoms with Crippen LogP contribution in [0, 0.1) is 12.8 Å². The molecule has 2 heteroatoms. The Morgan fingerprint density at radius 3 is 2.69 bits per heavy atom.